The lowest BCUT2D eigenvalue weighted by atomic mass is 10.4. The minimum Gasteiger partial charge on any atom is -0.480 e. The number of hydrogen-bond acceptors (Lipinski definition) is 5. The smallest absolute Gasteiger partial charge is 0.323 e. The van der Waals surface area contributed by atoms with Gasteiger partial charge in [0.1, 0.15) is 18.2 Å². The fourth-order valence-corrected chi connectivity index (χ4v) is 1.82. The number of aliphatic carboxylic acids is 1. The summed E-state index contributed by atoms with van der Waals surface area (Å²) in [5.74, 6) is 0.870. The van der Waals surface area contributed by atoms with E-state index in [0.717, 1.165) is 12.8 Å². The third kappa shape index (κ3) is 3.09. The maximum atomic E-state index is 10.9. The van der Waals surface area contributed by atoms with Gasteiger partial charge in [0.15, 0.2) is 0 Å². The normalized spacial score (nSPS) is 14.3. The summed E-state index contributed by atoms with van der Waals surface area (Å²) in [5, 5.41) is 8.95. The van der Waals surface area contributed by atoms with Crippen molar-refractivity contribution in [1.82, 2.24) is 9.97 Å². The van der Waals surface area contributed by atoms with Gasteiger partial charge in [-0.3, -0.25) is 4.79 Å². The first-order valence-corrected chi connectivity index (χ1v) is 6.07. The van der Waals surface area contributed by atoms with Crippen molar-refractivity contribution >= 4 is 11.8 Å². The zero-order valence-corrected chi connectivity index (χ0v) is 10.6. The van der Waals surface area contributed by atoms with Crippen LogP contribution in [0.3, 0.4) is 0 Å². The second kappa shape index (κ2) is 5.20. The Morgan fingerprint density at radius 1 is 1.56 bits per heavy atom. The Hall–Kier alpha value is -1.85. The van der Waals surface area contributed by atoms with E-state index in [9.17, 15) is 4.79 Å². The van der Waals surface area contributed by atoms with Gasteiger partial charge in [-0.15, -0.1) is 0 Å². The average molecular weight is 251 g/mol. The van der Waals surface area contributed by atoms with Crippen molar-refractivity contribution in [3.8, 4) is 5.88 Å². The SMILES string of the molecule is CCOc1cc(N(CC(=O)O)C2CC2)nc(C)n1. The summed E-state index contributed by atoms with van der Waals surface area (Å²) < 4.78 is 5.36. The number of carbonyl (C=O) groups is 1. The predicted molar refractivity (Wildman–Crippen MR) is 65.9 cm³/mol. The van der Waals surface area contributed by atoms with Crippen LogP contribution in [-0.2, 0) is 4.79 Å². The molecule has 1 N–H and O–H groups in total. The molecule has 2 rings (SSSR count). The molecule has 18 heavy (non-hydrogen) atoms. The van der Waals surface area contributed by atoms with Gasteiger partial charge in [-0.05, 0) is 26.7 Å². The van der Waals surface area contributed by atoms with E-state index < -0.39 is 5.97 Å². The van der Waals surface area contributed by atoms with Crippen LogP contribution in [0.5, 0.6) is 5.88 Å². The molecule has 0 amide bonds. The lowest BCUT2D eigenvalue weighted by Crippen LogP contribution is -2.32. The standard InChI is InChI=1S/C12H17N3O3/c1-3-18-11-6-10(13-8(2)14-11)15(7-12(16)17)9-4-5-9/h6,9H,3-5,7H2,1-2H3,(H,16,17). The Labute approximate surface area is 106 Å². The first-order valence-electron chi connectivity index (χ1n) is 6.07. The van der Waals surface area contributed by atoms with Gasteiger partial charge >= 0.3 is 5.97 Å². The predicted octanol–water partition coefficient (Wildman–Crippen LogP) is 1.24. The quantitative estimate of drug-likeness (QED) is 0.819. The lowest BCUT2D eigenvalue weighted by molar-refractivity contribution is -0.135. The third-order valence-electron chi connectivity index (χ3n) is 2.68. The number of aromatic nitrogens is 2. The van der Waals surface area contributed by atoms with Crippen LogP contribution in [0.1, 0.15) is 25.6 Å². The number of aryl methyl sites for hydroxylation is 1. The van der Waals surface area contributed by atoms with Gasteiger partial charge in [0.2, 0.25) is 5.88 Å². The molecule has 1 aromatic rings. The van der Waals surface area contributed by atoms with E-state index in [1.54, 1.807) is 17.9 Å². The lowest BCUT2D eigenvalue weighted by Gasteiger charge is -2.21. The van der Waals surface area contributed by atoms with E-state index in [1.807, 2.05) is 6.92 Å². The van der Waals surface area contributed by atoms with Crippen molar-refractivity contribution in [1.29, 1.82) is 0 Å². The van der Waals surface area contributed by atoms with E-state index in [-0.39, 0.29) is 12.6 Å². The number of nitrogens with zero attached hydrogens (tertiary/aromatic N) is 3. The second-order valence-corrected chi connectivity index (χ2v) is 4.30. The highest BCUT2D eigenvalue weighted by Crippen LogP contribution is 2.31. The maximum absolute atomic E-state index is 10.9. The van der Waals surface area contributed by atoms with Gasteiger partial charge < -0.3 is 14.7 Å². The summed E-state index contributed by atoms with van der Waals surface area (Å²) in [5.41, 5.74) is 0. The average Bonchev–Trinajstić information content (AvgIpc) is 3.09. The number of carboxylic acids is 1. The third-order valence-corrected chi connectivity index (χ3v) is 2.68. The van der Waals surface area contributed by atoms with E-state index in [1.165, 1.54) is 0 Å². The molecule has 0 aromatic carbocycles. The van der Waals surface area contributed by atoms with E-state index in [0.29, 0.717) is 24.1 Å². The Kier molecular flexibility index (Phi) is 3.64. The molecule has 1 aromatic heterocycles. The summed E-state index contributed by atoms with van der Waals surface area (Å²) in [6.07, 6.45) is 2.03. The fourth-order valence-electron chi connectivity index (χ4n) is 1.82. The van der Waals surface area contributed by atoms with Gasteiger partial charge in [-0.1, -0.05) is 0 Å². The molecule has 0 saturated heterocycles. The first kappa shape index (κ1) is 12.6. The molecular weight excluding hydrogens is 234 g/mol. The van der Waals surface area contributed by atoms with Crippen LogP contribution in [0, 0.1) is 6.92 Å². The molecule has 6 nitrogen and oxygen atoms in total. The summed E-state index contributed by atoms with van der Waals surface area (Å²) in [4.78, 5) is 21.2. The largest absolute Gasteiger partial charge is 0.480 e. The number of carboxylic acid groups (broad SMARTS) is 1. The van der Waals surface area contributed by atoms with E-state index in [4.69, 9.17) is 9.84 Å². The highest BCUT2D eigenvalue weighted by molar-refractivity contribution is 5.73. The molecule has 0 spiro atoms. The molecule has 0 radical (unpaired) electrons. The van der Waals surface area contributed by atoms with Gasteiger partial charge in [0.05, 0.1) is 6.61 Å². The zero-order chi connectivity index (χ0) is 13.1. The number of anilines is 1. The molecule has 1 saturated carbocycles. The molecule has 0 bridgehead atoms. The van der Waals surface area contributed by atoms with Crippen molar-refractivity contribution in [3.63, 3.8) is 0 Å². The minimum absolute atomic E-state index is 0.0350. The van der Waals surface area contributed by atoms with Crippen LogP contribution in [0.25, 0.3) is 0 Å². The monoisotopic (exact) mass is 251 g/mol. The van der Waals surface area contributed by atoms with Crippen molar-refractivity contribution < 1.29 is 14.6 Å². The summed E-state index contributed by atoms with van der Waals surface area (Å²) >= 11 is 0. The van der Waals surface area contributed by atoms with Crippen molar-refractivity contribution in [3.05, 3.63) is 11.9 Å². The highest BCUT2D eigenvalue weighted by atomic mass is 16.5. The number of ether oxygens (including phenoxy) is 1. The Morgan fingerprint density at radius 2 is 2.28 bits per heavy atom. The molecular formula is C12H17N3O3. The van der Waals surface area contributed by atoms with Gasteiger partial charge in [-0.2, -0.15) is 4.98 Å². The number of hydrogen-bond donors (Lipinski definition) is 1. The van der Waals surface area contributed by atoms with Crippen molar-refractivity contribution in [2.75, 3.05) is 18.1 Å². The Balaban J connectivity index is 2.25. The van der Waals surface area contributed by atoms with E-state index >= 15 is 0 Å². The van der Waals surface area contributed by atoms with Crippen LogP contribution >= 0.6 is 0 Å². The summed E-state index contributed by atoms with van der Waals surface area (Å²) in [6, 6.07) is 1.99. The topological polar surface area (TPSA) is 75.5 Å². The van der Waals surface area contributed by atoms with Gasteiger partial charge in [0.25, 0.3) is 0 Å². The Bertz CT molecular complexity index is 446. The zero-order valence-electron chi connectivity index (χ0n) is 10.6. The van der Waals surface area contributed by atoms with Crippen LogP contribution in [-0.4, -0.2) is 40.2 Å². The van der Waals surface area contributed by atoms with Crippen molar-refractivity contribution in [2.45, 2.75) is 32.7 Å². The molecule has 1 aliphatic rings. The molecule has 98 valence electrons. The molecule has 6 heteroatoms. The van der Waals surface area contributed by atoms with E-state index in [2.05, 4.69) is 9.97 Å². The first-order chi connectivity index (χ1) is 8.60. The molecule has 1 heterocycles. The van der Waals surface area contributed by atoms with Crippen molar-refractivity contribution in [2.24, 2.45) is 0 Å². The Morgan fingerprint density at radius 3 is 2.83 bits per heavy atom. The van der Waals surface area contributed by atoms with Crippen LogP contribution in [0.4, 0.5) is 5.82 Å². The molecule has 1 fully saturated rings. The van der Waals surface area contributed by atoms with Crippen LogP contribution in [0.2, 0.25) is 0 Å². The number of rotatable bonds is 6. The highest BCUT2D eigenvalue weighted by Gasteiger charge is 2.31. The molecule has 0 atom stereocenters. The second-order valence-electron chi connectivity index (χ2n) is 4.30. The molecule has 0 aliphatic heterocycles. The summed E-state index contributed by atoms with van der Waals surface area (Å²) in [7, 11) is 0. The maximum Gasteiger partial charge on any atom is 0.323 e. The van der Waals surface area contributed by atoms with Crippen LogP contribution in [0.15, 0.2) is 6.07 Å². The minimum atomic E-state index is -0.851. The fraction of sp³-hybridized carbons (Fsp3) is 0.583. The van der Waals surface area contributed by atoms with Gasteiger partial charge in [0, 0.05) is 12.1 Å². The molecule has 0 unspecified atom stereocenters. The van der Waals surface area contributed by atoms with Crippen LogP contribution < -0.4 is 9.64 Å². The van der Waals surface area contributed by atoms with Gasteiger partial charge in [-0.25, -0.2) is 4.98 Å². The summed E-state index contributed by atoms with van der Waals surface area (Å²) in [6.45, 7) is 4.15. The molecule has 1 aliphatic carbocycles.